The van der Waals surface area contributed by atoms with Gasteiger partial charge in [0.05, 0.1) is 0 Å². The van der Waals surface area contributed by atoms with Crippen LogP contribution < -0.4 is 5.73 Å². The van der Waals surface area contributed by atoms with Crippen LogP contribution in [0.25, 0.3) is 0 Å². The summed E-state index contributed by atoms with van der Waals surface area (Å²) in [6.07, 6.45) is 3.44. The Bertz CT molecular complexity index is 307. The van der Waals surface area contributed by atoms with Crippen LogP contribution in [-0.4, -0.2) is 17.6 Å². The first kappa shape index (κ1) is 10.9. The molecular formula is C11H15NO2. The predicted octanol–water partition coefficient (Wildman–Crippen LogP) is 0.994. The maximum atomic E-state index is 11.3. The predicted molar refractivity (Wildman–Crippen MR) is 54.7 cm³/mol. The van der Waals surface area contributed by atoms with Gasteiger partial charge in [0, 0.05) is 12.0 Å². The van der Waals surface area contributed by atoms with Crippen molar-refractivity contribution in [1.82, 2.24) is 0 Å². The SMILES string of the molecule is CC(=O)C1=CC(N)C=C(C(C)=O)C1C. The van der Waals surface area contributed by atoms with E-state index in [1.807, 2.05) is 6.92 Å². The van der Waals surface area contributed by atoms with E-state index < -0.39 is 0 Å². The molecule has 1 rings (SSSR count). The molecular weight excluding hydrogens is 178 g/mol. The first-order valence-corrected chi connectivity index (χ1v) is 4.64. The first-order valence-electron chi connectivity index (χ1n) is 4.64. The fourth-order valence-corrected chi connectivity index (χ4v) is 1.76. The second-order valence-electron chi connectivity index (χ2n) is 3.66. The smallest absolute Gasteiger partial charge is 0.156 e. The zero-order valence-corrected chi connectivity index (χ0v) is 8.70. The lowest BCUT2D eigenvalue weighted by atomic mass is 9.82. The third-order valence-electron chi connectivity index (χ3n) is 2.49. The van der Waals surface area contributed by atoms with Crippen molar-refractivity contribution >= 4 is 11.6 Å². The zero-order valence-electron chi connectivity index (χ0n) is 8.70. The monoisotopic (exact) mass is 193 g/mol. The van der Waals surface area contributed by atoms with Gasteiger partial charge < -0.3 is 5.73 Å². The summed E-state index contributed by atoms with van der Waals surface area (Å²) in [6.45, 7) is 4.85. The first-order chi connectivity index (χ1) is 6.43. The molecule has 3 heteroatoms. The summed E-state index contributed by atoms with van der Waals surface area (Å²) in [5.74, 6) is -0.149. The number of nitrogens with two attached hydrogens (primary N) is 1. The molecule has 0 heterocycles. The molecule has 14 heavy (non-hydrogen) atoms. The van der Waals surface area contributed by atoms with Gasteiger partial charge in [0.15, 0.2) is 11.6 Å². The van der Waals surface area contributed by atoms with E-state index in [1.165, 1.54) is 13.8 Å². The van der Waals surface area contributed by atoms with Crippen molar-refractivity contribution < 1.29 is 9.59 Å². The molecule has 0 amide bonds. The number of hydrogen-bond acceptors (Lipinski definition) is 3. The van der Waals surface area contributed by atoms with Crippen LogP contribution in [-0.2, 0) is 9.59 Å². The van der Waals surface area contributed by atoms with Crippen LogP contribution in [0.5, 0.6) is 0 Å². The van der Waals surface area contributed by atoms with E-state index in [2.05, 4.69) is 0 Å². The van der Waals surface area contributed by atoms with Crippen LogP contribution in [0.4, 0.5) is 0 Å². The number of carbonyl (C=O) groups excluding carboxylic acids is 2. The molecule has 0 spiro atoms. The van der Waals surface area contributed by atoms with Gasteiger partial charge in [-0.1, -0.05) is 19.1 Å². The maximum absolute atomic E-state index is 11.3. The average Bonchev–Trinajstić information content (AvgIpc) is 2.07. The minimum Gasteiger partial charge on any atom is -0.321 e. The van der Waals surface area contributed by atoms with Crippen LogP contribution >= 0.6 is 0 Å². The Labute approximate surface area is 83.7 Å². The van der Waals surface area contributed by atoms with E-state index in [0.29, 0.717) is 11.1 Å². The molecule has 0 saturated carbocycles. The van der Waals surface area contributed by atoms with Crippen LogP contribution in [0.2, 0.25) is 0 Å². The fourth-order valence-electron chi connectivity index (χ4n) is 1.76. The highest BCUT2D eigenvalue weighted by Crippen LogP contribution is 2.26. The lowest BCUT2D eigenvalue weighted by molar-refractivity contribution is -0.114. The Hall–Kier alpha value is -1.22. The van der Waals surface area contributed by atoms with Crippen LogP contribution in [0, 0.1) is 5.92 Å². The van der Waals surface area contributed by atoms with E-state index >= 15 is 0 Å². The van der Waals surface area contributed by atoms with Gasteiger partial charge >= 0.3 is 0 Å². The Morgan fingerprint density at radius 2 is 1.50 bits per heavy atom. The molecule has 0 radical (unpaired) electrons. The van der Waals surface area contributed by atoms with Gasteiger partial charge in [0.25, 0.3) is 0 Å². The number of allylic oxidation sites excluding steroid dienone is 2. The summed E-state index contributed by atoms with van der Waals surface area (Å²) in [5.41, 5.74) is 6.98. The normalized spacial score (nSPS) is 26.6. The van der Waals surface area contributed by atoms with Crippen molar-refractivity contribution in [3.63, 3.8) is 0 Å². The van der Waals surface area contributed by atoms with E-state index in [9.17, 15) is 9.59 Å². The summed E-state index contributed by atoms with van der Waals surface area (Å²) in [4.78, 5) is 22.5. The topological polar surface area (TPSA) is 60.2 Å². The summed E-state index contributed by atoms with van der Waals surface area (Å²) in [6, 6.07) is -0.316. The van der Waals surface area contributed by atoms with Crippen molar-refractivity contribution in [1.29, 1.82) is 0 Å². The molecule has 0 aromatic heterocycles. The van der Waals surface area contributed by atoms with Crippen molar-refractivity contribution in [2.45, 2.75) is 26.8 Å². The highest BCUT2D eigenvalue weighted by Gasteiger charge is 2.24. The number of Topliss-reactive ketones (excluding diaryl/α,β-unsaturated/α-hetero) is 2. The summed E-state index contributed by atoms with van der Waals surface area (Å²) < 4.78 is 0. The van der Waals surface area contributed by atoms with Crippen LogP contribution in [0.3, 0.4) is 0 Å². The third-order valence-corrected chi connectivity index (χ3v) is 2.49. The van der Waals surface area contributed by atoms with Crippen molar-refractivity contribution in [3.05, 3.63) is 23.3 Å². The second-order valence-corrected chi connectivity index (χ2v) is 3.66. The van der Waals surface area contributed by atoms with Gasteiger partial charge in [0.2, 0.25) is 0 Å². The molecule has 0 aromatic rings. The molecule has 1 aliphatic rings. The zero-order chi connectivity index (χ0) is 10.9. The molecule has 0 fully saturated rings. The highest BCUT2D eigenvalue weighted by atomic mass is 16.1. The third kappa shape index (κ3) is 1.99. The largest absolute Gasteiger partial charge is 0.321 e. The minimum absolute atomic E-state index is 0.0141. The number of ketones is 2. The molecule has 0 unspecified atom stereocenters. The molecule has 2 N–H and O–H groups in total. The van der Waals surface area contributed by atoms with Gasteiger partial charge in [-0.05, 0) is 25.0 Å². The summed E-state index contributed by atoms with van der Waals surface area (Å²) in [7, 11) is 0. The van der Waals surface area contributed by atoms with E-state index in [0.717, 1.165) is 0 Å². The highest BCUT2D eigenvalue weighted by molar-refractivity contribution is 6.01. The molecule has 0 atom stereocenters. The number of carbonyl (C=O) groups is 2. The van der Waals surface area contributed by atoms with E-state index in [-0.39, 0.29) is 23.5 Å². The Morgan fingerprint density at radius 3 is 1.79 bits per heavy atom. The lowest BCUT2D eigenvalue weighted by Gasteiger charge is -2.22. The van der Waals surface area contributed by atoms with Gasteiger partial charge in [-0.25, -0.2) is 0 Å². The van der Waals surface area contributed by atoms with Gasteiger partial charge in [0.1, 0.15) is 0 Å². The quantitative estimate of drug-likeness (QED) is 0.711. The van der Waals surface area contributed by atoms with Crippen LogP contribution in [0.1, 0.15) is 20.8 Å². The van der Waals surface area contributed by atoms with E-state index in [1.54, 1.807) is 12.2 Å². The van der Waals surface area contributed by atoms with Crippen LogP contribution in [0.15, 0.2) is 23.3 Å². The standard InChI is InChI=1S/C11H15NO2/c1-6-10(7(2)13)4-9(12)5-11(6)8(3)14/h4-6,9H,12H2,1-3H3. The Kier molecular flexibility index (Phi) is 3.01. The molecule has 3 nitrogen and oxygen atoms in total. The molecule has 0 saturated heterocycles. The Morgan fingerprint density at radius 1 is 1.14 bits per heavy atom. The Balaban J connectivity index is 3.06. The number of rotatable bonds is 2. The summed E-state index contributed by atoms with van der Waals surface area (Å²) in [5, 5.41) is 0. The fraction of sp³-hybridized carbons (Fsp3) is 0.455. The summed E-state index contributed by atoms with van der Waals surface area (Å²) >= 11 is 0. The van der Waals surface area contributed by atoms with Gasteiger partial charge in [-0.2, -0.15) is 0 Å². The average molecular weight is 193 g/mol. The van der Waals surface area contributed by atoms with Crippen molar-refractivity contribution in [3.8, 4) is 0 Å². The van der Waals surface area contributed by atoms with Crippen molar-refractivity contribution in [2.24, 2.45) is 11.7 Å². The van der Waals surface area contributed by atoms with Crippen molar-refractivity contribution in [2.75, 3.05) is 0 Å². The van der Waals surface area contributed by atoms with Gasteiger partial charge in [-0.3, -0.25) is 9.59 Å². The second kappa shape index (κ2) is 3.88. The number of hydrogen-bond donors (Lipinski definition) is 1. The molecule has 1 aliphatic carbocycles. The molecule has 0 aliphatic heterocycles. The lowest BCUT2D eigenvalue weighted by Crippen LogP contribution is -2.27. The minimum atomic E-state index is -0.316. The molecule has 0 aromatic carbocycles. The van der Waals surface area contributed by atoms with E-state index in [4.69, 9.17) is 5.73 Å². The van der Waals surface area contributed by atoms with Gasteiger partial charge in [-0.15, -0.1) is 0 Å². The molecule has 0 bridgehead atoms. The maximum Gasteiger partial charge on any atom is 0.156 e. The molecule has 76 valence electrons.